The van der Waals surface area contributed by atoms with Crippen molar-refractivity contribution in [1.82, 2.24) is 20.2 Å². The number of aliphatic carboxylic acids is 1. The van der Waals surface area contributed by atoms with Crippen LogP contribution >= 0.6 is 23.2 Å². The molecule has 3 saturated carbocycles. The number of carboxylic acid groups (broad SMARTS) is 1. The summed E-state index contributed by atoms with van der Waals surface area (Å²) >= 11 is 14.1. The Labute approximate surface area is 308 Å². The second kappa shape index (κ2) is 14.0. The summed E-state index contributed by atoms with van der Waals surface area (Å²) in [6.45, 7) is 7.08. The van der Waals surface area contributed by atoms with E-state index in [1.165, 1.54) is 12.0 Å². The highest BCUT2D eigenvalue weighted by Crippen LogP contribution is 2.73. The predicted octanol–water partition coefficient (Wildman–Crippen LogP) is 8.51. The topological polar surface area (TPSA) is 123 Å². The van der Waals surface area contributed by atoms with Gasteiger partial charge in [-0.15, -0.1) is 0 Å². The van der Waals surface area contributed by atoms with Crippen LogP contribution in [0.15, 0.2) is 60.8 Å². The summed E-state index contributed by atoms with van der Waals surface area (Å²) in [6.07, 6.45) is 3.50. The molecule has 2 N–H and O–H groups in total. The third-order valence-corrected chi connectivity index (χ3v) is 10.5. The Morgan fingerprint density at radius 2 is 1.63 bits per heavy atom. The van der Waals surface area contributed by atoms with Crippen LogP contribution in [0.5, 0.6) is 11.6 Å². The molecule has 3 aliphatic rings. The number of pyridine rings is 2. The van der Waals surface area contributed by atoms with E-state index >= 15 is 0 Å². The molecule has 1 amide bonds. The van der Waals surface area contributed by atoms with Gasteiger partial charge in [-0.1, -0.05) is 53.5 Å². The standard InChI is InChI=1S/C39H42Cl2N4O6/c1-37(2,3)51-36(48)45(4)18-25-12-13-29(44-34(25)50-6)28-9-7-8-26(31(28)40)27-14-15-43-33(32(27)41)23-10-11-24(30(16-23)49-5)17-42-22-38-19-39(20-38,21-38)35(46)47/h7-16,42H,17-22H2,1-6H3,(H,46,47). The zero-order valence-electron chi connectivity index (χ0n) is 29.6. The number of aromatic nitrogens is 2. The molecule has 0 radical (unpaired) electrons. The summed E-state index contributed by atoms with van der Waals surface area (Å²) in [5, 5.41) is 13.8. The molecule has 0 spiro atoms. The minimum Gasteiger partial charge on any atom is -0.496 e. The maximum absolute atomic E-state index is 12.5. The Hall–Kier alpha value is -4.38. The summed E-state index contributed by atoms with van der Waals surface area (Å²) < 4.78 is 16.9. The number of halogens is 2. The quantitative estimate of drug-likeness (QED) is 0.148. The Morgan fingerprint density at radius 3 is 2.29 bits per heavy atom. The summed E-state index contributed by atoms with van der Waals surface area (Å²) in [4.78, 5) is 34.8. The number of carbonyl (C=O) groups is 2. The number of nitrogens with zero attached hydrogens (tertiary/aromatic N) is 3. The number of hydrogen-bond donors (Lipinski definition) is 2. The number of ether oxygens (including phenoxy) is 3. The molecule has 0 atom stereocenters. The highest BCUT2D eigenvalue weighted by molar-refractivity contribution is 6.39. The molecule has 268 valence electrons. The summed E-state index contributed by atoms with van der Waals surface area (Å²) in [5.41, 5.74) is 4.78. The minimum absolute atomic E-state index is 0.105. The third-order valence-electron chi connectivity index (χ3n) is 9.67. The number of hydrogen-bond acceptors (Lipinski definition) is 8. The van der Waals surface area contributed by atoms with Gasteiger partial charge in [0.2, 0.25) is 5.88 Å². The molecule has 3 fully saturated rings. The zero-order chi connectivity index (χ0) is 36.7. The van der Waals surface area contributed by atoms with Crippen molar-refractivity contribution in [2.75, 3.05) is 27.8 Å². The molecule has 0 saturated heterocycles. The molecule has 0 unspecified atom stereocenters. The van der Waals surface area contributed by atoms with Crippen LogP contribution in [0.3, 0.4) is 0 Å². The maximum Gasteiger partial charge on any atom is 0.410 e. The first-order valence-corrected chi connectivity index (χ1v) is 17.5. The first-order chi connectivity index (χ1) is 24.2. The molecule has 2 aromatic heterocycles. The smallest absolute Gasteiger partial charge is 0.410 e. The van der Waals surface area contributed by atoms with Crippen molar-refractivity contribution in [3.8, 4) is 45.3 Å². The largest absolute Gasteiger partial charge is 0.496 e. The van der Waals surface area contributed by atoms with E-state index in [4.69, 9.17) is 42.4 Å². The average molecular weight is 734 g/mol. The van der Waals surface area contributed by atoms with E-state index in [1.807, 2.05) is 75.4 Å². The van der Waals surface area contributed by atoms with Crippen molar-refractivity contribution in [2.24, 2.45) is 10.8 Å². The van der Waals surface area contributed by atoms with Crippen LogP contribution in [-0.2, 0) is 22.6 Å². The predicted molar refractivity (Wildman–Crippen MR) is 197 cm³/mol. The van der Waals surface area contributed by atoms with Gasteiger partial charge in [0.25, 0.3) is 0 Å². The second-order valence-corrected chi connectivity index (χ2v) is 15.4. The van der Waals surface area contributed by atoms with Crippen molar-refractivity contribution in [3.05, 3.63) is 82.0 Å². The van der Waals surface area contributed by atoms with Crippen molar-refractivity contribution in [1.29, 1.82) is 0 Å². The molecular weight excluding hydrogens is 691 g/mol. The van der Waals surface area contributed by atoms with E-state index < -0.39 is 23.1 Å². The number of amides is 1. The van der Waals surface area contributed by atoms with Gasteiger partial charge in [0.1, 0.15) is 11.4 Å². The van der Waals surface area contributed by atoms with Crippen molar-refractivity contribution < 1.29 is 28.9 Å². The van der Waals surface area contributed by atoms with Crippen molar-refractivity contribution in [3.63, 3.8) is 0 Å². The maximum atomic E-state index is 12.5. The monoisotopic (exact) mass is 732 g/mol. The highest BCUT2D eigenvalue weighted by Gasteiger charge is 2.71. The summed E-state index contributed by atoms with van der Waals surface area (Å²) in [5.74, 6) is 0.398. The molecule has 7 rings (SSSR count). The Balaban J connectivity index is 1.20. The number of nitrogens with one attached hydrogen (secondary N) is 1. The summed E-state index contributed by atoms with van der Waals surface area (Å²) in [6, 6.07) is 17.1. The van der Waals surface area contributed by atoms with Gasteiger partial charge in [-0.05, 0) is 69.7 Å². The molecule has 2 aromatic carbocycles. The molecule has 12 heteroatoms. The molecule has 10 nitrogen and oxygen atoms in total. The fourth-order valence-corrected chi connectivity index (χ4v) is 7.93. The minimum atomic E-state index is -0.668. The van der Waals surface area contributed by atoms with Gasteiger partial charge in [-0.3, -0.25) is 9.78 Å². The van der Waals surface area contributed by atoms with Gasteiger partial charge < -0.3 is 29.5 Å². The van der Waals surface area contributed by atoms with Gasteiger partial charge in [0.05, 0.1) is 47.6 Å². The fraction of sp³-hybridized carbons (Fsp3) is 0.385. The van der Waals surface area contributed by atoms with Crippen LogP contribution in [0.1, 0.15) is 51.2 Å². The lowest BCUT2D eigenvalue weighted by Crippen LogP contribution is -2.68. The van der Waals surface area contributed by atoms with E-state index in [0.717, 1.165) is 36.9 Å². The van der Waals surface area contributed by atoms with E-state index in [0.29, 0.717) is 61.9 Å². The molecular formula is C39H42Cl2N4O6. The normalized spacial score (nSPS) is 19.1. The van der Waals surface area contributed by atoms with Gasteiger partial charge in [-0.25, -0.2) is 9.78 Å². The van der Waals surface area contributed by atoms with E-state index in [9.17, 15) is 14.7 Å². The number of methoxy groups -OCH3 is 2. The number of rotatable bonds is 12. The number of benzene rings is 2. The van der Waals surface area contributed by atoms with Crippen molar-refractivity contribution >= 4 is 35.3 Å². The Kier molecular flexibility index (Phi) is 9.98. The van der Waals surface area contributed by atoms with Gasteiger partial charge in [0, 0.05) is 59.7 Å². The van der Waals surface area contributed by atoms with Crippen LogP contribution in [-0.4, -0.2) is 65.5 Å². The van der Waals surface area contributed by atoms with Gasteiger partial charge in [-0.2, -0.15) is 0 Å². The molecule has 51 heavy (non-hydrogen) atoms. The molecule has 4 aromatic rings. The first kappa shape index (κ1) is 36.4. The second-order valence-electron chi connectivity index (χ2n) is 14.6. The molecule has 2 bridgehead atoms. The number of carboxylic acids is 1. The van der Waals surface area contributed by atoms with E-state index in [-0.39, 0.29) is 12.0 Å². The lowest BCUT2D eigenvalue weighted by molar-refractivity contribution is -0.220. The Morgan fingerprint density at radius 1 is 0.941 bits per heavy atom. The molecule has 2 heterocycles. The number of carbonyl (C=O) groups excluding carboxylic acids is 1. The lowest BCUT2D eigenvalue weighted by Gasteiger charge is -2.68. The van der Waals surface area contributed by atoms with E-state index in [2.05, 4.69) is 10.3 Å². The average Bonchev–Trinajstić information content (AvgIpc) is 3.05. The summed E-state index contributed by atoms with van der Waals surface area (Å²) in [7, 11) is 4.83. The van der Waals surface area contributed by atoms with Gasteiger partial charge in [0.15, 0.2) is 0 Å². The first-order valence-electron chi connectivity index (χ1n) is 16.7. The van der Waals surface area contributed by atoms with Gasteiger partial charge >= 0.3 is 12.1 Å². The van der Waals surface area contributed by atoms with Crippen LogP contribution in [0.2, 0.25) is 10.0 Å². The third kappa shape index (κ3) is 7.22. The van der Waals surface area contributed by atoms with Crippen LogP contribution in [0.4, 0.5) is 4.79 Å². The highest BCUT2D eigenvalue weighted by atomic mass is 35.5. The molecule has 0 aliphatic heterocycles. The van der Waals surface area contributed by atoms with Crippen LogP contribution < -0.4 is 14.8 Å². The SMILES string of the molecule is COc1cc(-c2nccc(-c3cccc(-c4ccc(CN(C)C(=O)OC(C)(C)C)c(OC)n4)c3Cl)c2Cl)ccc1CNCC12CC(C(=O)O)(C1)C2. The van der Waals surface area contributed by atoms with Crippen LogP contribution in [0, 0.1) is 10.8 Å². The van der Waals surface area contributed by atoms with Crippen molar-refractivity contribution in [2.45, 2.75) is 58.7 Å². The Bertz CT molecular complexity index is 1980. The lowest BCUT2D eigenvalue weighted by atomic mass is 9.35. The van der Waals surface area contributed by atoms with E-state index in [1.54, 1.807) is 20.4 Å². The fourth-order valence-electron chi connectivity index (χ4n) is 7.28. The molecule has 3 aliphatic carbocycles. The van der Waals surface area contributed by atoms with Crippen LogP contribution in [0.25, 0.3) is 33.6 Å². The zero-order valence-corrected chi connectivity index (χ0v) is 31.1.